The maximum absolute atomic E-state index is 8.77. The monoisotopic (exact) mass is 218 g/mol. The van der Waals surface area contributed by atoms with E-state index < -0.39 is 0 Å². The number of nitrogens with two attached hydrogens (primary N) is 1. The van der Waals surface area contributed by atoms with Gasteiger partial charge in [-0.2, -0.15) is 5.26 Å². The molecule has 2 N–H and O–H groups in total. The van der Waals surface area contributed by atoms with Crippen molar-refractivity contribution >= 4 is 23.3 Å². The fourth-order valence-electron chi connectivity index (χ4n) is 1.06. The van der Waals surface area contributed by atoms with Crippen molar-refractivity contribution in [1.82, 2.24) is 0 Å². The van der Waals surface area contributed by atoms with Crippen LogP contribution in [-0.4, -0.2) is 12.1 Å². The summed E-state index contributed by atoms with van der Waals surface area (Å²) in [6.45, 7) is 0. The highest BCUT2D eigenvalue weighted by molar-refractivity contribution is 7.80. The Morgan fingerprint density at radius 1 is 1.60 bits per heavy atom. The Kier molecular flexibility index (Phi) is 3.83. The van der Waals surface area contributed by atoms with E-state index in [1.165, 1.54) is 0 Å². The van der Waals surface area contributed by atoms with Crippen molar-refractivity contribution in [2.75, 3.05) is 7.11 Å². The second-order valence-electron chi connectivity index (χ2n) is 2.81. The molecule has 0 bridgehead atoms. The van der Waals surface area contributed by atoms with Gasteiger partial charge in [-0.25, -0.2) is 0 Å². The zero-order valence-corrected chi connectivity index (χ0v) is 9.04. The van der Waals surface area contributed by atoms with E-state index in [0.29, 0.717) is 5.57 Å². The molecule has 15 heavy (non-hydrogen) atoms. The number of nitriles is 1. The van der Waals surface area contributed by atoms with Gasteiger partial charge in [-0.3, -0.25) is 0 Å². The highest BCUT2D eigenvalue weighted by atomic mass is 32.1. The minimum absolute atomic E-state index is 0.0975. The van der Waals surface area contributed by atoms with Crippen molar-refractivity contribution in [2.45, 2.75) is 0 Å². The third-order valence-electron chi connectivity index (χ3n) is 1.79. The Hall–Kier alpha value is -1.86. The van der Waals surface area contributed by atoms with Gasteiger partial charge in [0.25, 0.3) is 0 Å². The fourth-order valence-corrected chi connectivity index (χ4v) is 1.16. The average molecular weight is 218 g/mol. The number of methoxy groups -OCH3 is 1. The van der Waals surface area contributed by atoms with Gasteiger partial charge in [0.1, 0.15) is 16.8 Å². The number of benzene rings is 1. The summed E-state index contributed by atoms with van der Waals surface area (Å²) in [6, 6.07) is 9.24. The van der Waals surface area contributed by atoms with Gasteiger partial charge in [0, 0.05) is 0 Å². The molecule has 0 aromatic heterocycles. The van der Waals surface area contributed by atoms with Crippen LogP contribution in [0.2, 0.25) is 0 Å². The van der Waals surface area contributed by atoms with Gasteiger partial charge in [0.05, 0.1) is 12.7 Å². The van der Waals surface area contributed by atoms with Crippen LogP contribution in [0.5, 0.6) is 5.75 Å². The second-order valence-corrected chi connectivity index (χ2v) is 3.25. The molecule has 3 nitrogen and oxygen atoms in total. The summed E-state index contributed by atoms with van der Waals surface area (Å²) < 4.78 is 5.05. The highest BCUT2D eigenvalue weighted by Gasteiger charge is 1.99. The van der Waals surface area contributed by atoms with E-state index in [-0.39, 0.29) is 4.99 Å². The lowest BCUT2D eigenvalue weighted by Gasteiger charge is -2.00. The standard InChI is InChI=1S/C11H10N2OS/c1-14-10-4-2-3-8(6-10)5-9(7-12)11(13)15/h2-6H,1H3,(H2,13,15)/b9-5+. The van der Waals surface area contributed by atoms with E-state index in [4.69, 9.17) is 28.0 Å². The Morgan fingerprint density at radius 3 is 2.87 bits per heavy atom. The van der Waals surface area contributed by atoms with Crippen LogP contribution in [0.1, 0.15) is 5.56 Å². The van der Waals surface area contributed by atoms with Crippen molar-refractivity contribution in [3.8, 4) is 11.8 Å². The number of hydrogen-bond acceptors (Lipinski definition) is 3. The molecule has 0 aliphatic heterocycles. The number of hydrogen-bond donors (Lipinski definition) is 1. The molecule has 0 spiro atoms. The van der Waals surface area contributed by atoms with Gasteiger partial charge in [-0.1, -0.05) is 24.4 Å². The maximum Gasteiger partial charge on any atom is 0.119 e. The van der Waals surface area contributed by atoms with Gasteiger partial charge in [-0.15, -0.1) is 0 Å². The molecule has 0 aliphatic rings. The molecule has 0 saturated heterocycles. The van der Waals surface area contributed by atoms with E-state index in [1.54, 1.807) is 19.3 Å². The van der Waals surface area contributed by atoms with Gasteiger partial charge in [0.2, 0.25) is 0 Å². The minimum Gasteiger partial charge on any atom is -0.497 e. The van der Waals surface area contributed by atoms with Crippen LogP contribution in [0.3, 0.4) is 0 Å². The zero-order chi connectivity index (χ0) is 11.3. The van der Waals surface area contributed by atoms with Crippen LogP contribution >= 0.6 is 12.2 Å². The Balaban J connectivity index is 3.07. The van der Waals surface area contributed by atoms with Crippen molar-refractivity contribution in [3.05, 3.63) is 35.4 Å². The normalized spacial score (nSPS) is 10.5. The topological polar surface area (TPSA) is 59.0 Å². The molecular weight excluding hydrogens is 208 g/mol. The molecule has 1 aromatic rings. The summed E-state index contributed by atoms with van der Waals surface area (Å²) in [5.41, 5.74) is 6.50. The molecule has 0 aliphatic carbocycles. The van der Waals surface area contributed by atoms with Gasteiger partial charge >= 0.3 is 0 Å². The molecule has 4 heteroatoms. The van der Waals surface area contributed by atoms with E-state index in [2.05, 4.69) is 0 Å². The molecule has 0 amide bonds. The molecule has 0 saturated carbocycles. The summed E-state index contributed by atoms with van der Waals surface area (Å²) in [6.07, 6.45) is 1.63. The van der Waals surface area contributed by atoms with Crippen LogP contribution in [-0.2, 0) is 0 Å². The molecule has 0 unspecified atom stereocenters. The predicted molar refractivity (Wildman–Crippen MR) is 63.4 cm³/mol. The van der Waals surface area contributed by atoms with E-state index in [0.717, 1.165) is 11.3 Å². The van der Waals surface area contributed by atoms with E-state index in [1.807, 2.05) is 24.3 Å². The van der Waals surface area contributed by atoms with Crippen LogP contribution in [0, 0.1) is 11.3 Å². The van der Waals surface area contributed by atoms with Crippen molar-refractivity contribution in [3.63, 3.8) is 0 Å². The van der Waals surface area contributed by atoms with Gasteiger partial charge in [0.15, 0.2) is 0 Å². The number of rotatable bonds is 3. The minimum atomic E-state index is 0.0975. The summed E-state index contributed by atoms with van der Waals surface area (Å²) >= 11 is 4.73. The Morgan fingerprint density at radius 2 is 2.33 bits per heavy atom. The van der Waals surface area contributed by atoms with E-state index in [9.17, 15) is 0 Å². The van der Waals surface area contributed by atoms with Crippen LogP contribution in [0.15, 0.2) is 29.8 Å². The van der Waals surface area contributed by atoms with Crippen molar-refractivity contribution < 1.29 is 4.74 Å². The molecule has 0 heterocycles. The third-order valence-corrected chi connectivity index (χ3v) is 2.01. The zero-order valence-electron chi connectivity index (χ0n) is 8.23. The van der Waals surface area contributed by atoms with Crippen LogP contribution < -0.4 is 10.5 Å². The first-order valence-corrected chi connectivity index (χ1v) is 4.64. The molecule has 0 atom stereocenters. The molecule has 0 fully saturated rings. The highest BCUT2D eigenvalue weighted by Crippen LogP contribution is 2.15. The molecule has 1 aromatic carbocycles. The summed E-state index contributed by atoms with van der Waals surface area (Å²) in [5.74, 6) is 0.726. The second kappa shape index (κ2) is 5.13. The number of nitrogens with zero attached hydrogens (tertiary/aromatic N) is 1. The lowest BCUT2D eigenvalue weighted by atomic mass is 10.1. The SMILES string of the molecule is COc1cccc(/C=C(\C#N)C(N)=S)c1. The molecule has 1 rings (SSSR count). The quantitative estimate of drug-likeness (QED) is 0.478. The predicted octanol–water partition coefficient (Wildman–Crippen LogP) is 1.89. The Labute approximate surface area is 93.8 Å². The van der Waals surface area contributed by atoms with Crippen LogP contribution in [0.25, 0.3) is 6.08 Å². The Bertz CT molecular complexity index is 446. The van der Waals surface area contributed by atoms with Crippen LogP contribution in [0.4, 0.5) is 0 Å². The number of ether oxygens (including phenoxy) is 1. The summed E-state index contributed by atoms with van der Waals surface area (Å²) in [7, 11) is 1.58. The lowest BCUT2D eigenvalue weighted by molar-refractivity contribution is 0.414. The first-order chi connectivity index (χ1) is 7.17. The maximum atomic E-state index is 8.77. The molecular formula is C11H10N2OS. The summed E-state index contributed by atoms with van der Waals surface area (Å²) in [5, 5.41) is 8.77. The van der Waals surface area contributed by atoms with Crippen molar-refractivity contribution in [1.29, 1.82) is 5.26 Å². The van der Waals surface area contributed by atoms with Gasteiger partial charge in [-0.05, 0) is 23.8 Å². The third kappa shape index (κ3) is 3.08. The van der Waals surface area contributed by atoms with E-state index >= 15 is 0 Å². The van der Waals surface area contributed by atoms with Crippen molar-refractivity contribution in [2.24, 2.45) is 5.73 Å². The lowest BCUT2D eigenvalue weighted by Crippen LogP contribution is -2.09. The molecule has 0 radical (unpaired) electrons. The first-order valence-electron chi connectivity index (χ1n) is 4.23. The summed E-state index contributed by atoms with van der Waals surface area (Å²) in [4.78, 5) is 0.0975. The van der Waals surface area contributed by atoms with Gasteiger partial charge < -0.3 is 10.5 Å². The number of thiocarbonyl (C=S) groups is 1. The average Bonchev–Trinajstić information content (AvgIpc) is 2.25. The first kappa shape index (κ1) is 11.2. The largest absolute Gasteiger partial charge is 0.497 e. The fraction of sp³-hybridized carbons (Fsp3) is 0.0909. The smallest absolute Gasteiger partial charge is 0.119 e. The molecule has 76 valence electrons.